The van der Waals surface area contributed by atoms with Gasteiger partial charge < -0.3 is 15.9 Å². The van der Waals surface area contributed by atoms with E-state index in [1.54, 1.807) is 6.26 Å². The molecule has 0 aliphatic carbocycles. The first-order valence-electron chi connectivity index (χ1n) is 4.84. The molecular formula is C10H17N3O2. The topological polar surface area (TPSA) is 85.5 Å². The number of carbonyl (C=O) groups is 1. The van der Waals surface area contributed by atoms with Crippen LogP contribution < -0.4 is 11.5 Å². The summed E-state index contributed by atoms with van der Waals surface area (Å²) in [7, 11) is 1.89. The van der Waals surface area contributed by atoms with Crippen molar-refractivity contribution in [2.24, 2.45) is 11.5 Å². The number of nitrogens with zero attached hydrogens (tertiary/aromatic N) is 1. The zero-order chi connectivity index (χ0) is 11.3. The van der Waals surface area contributed by atoms with Gasteiger partial charge in [0.2, 0.25) is 5.91 Å². The van der Waals surface area contributed by atoms with E-state index >= 15 is 0 Å². The number of rotatable bonds is 6. The molecule has 0 spiro atoms. The van der Waals surface area contributed by atoms with Gasteiger partial charge in [-0.3, -0.25) is 9.69 Å². The molecule has 0 aliphatic heterocycles. The van der Waals surface area contributed by atoms with Crippen LogP contribution in [0.5, 0.6) is 0 Å². The summed E-state index contributed by atoms with van der Waals surface area (Å²) in [6.07, 6.45) is 1.89. The number of primary amides is 1. The third-order valence-corrected chi connectivity index (χ3v) is 2.32. The van der Waals surface area contributed by atoms with E-state index in [0.717, 1.165) is 5.76 Å². The van der Waals surface area contributed by atoms with Gasteiger partial charge in [0.15, 0.2) is 0 Å². The van der Waals surface area contributed by atoms with E-state index in [1.165, 1.54) is 0 Å². The van der Waals surface area contributed by atoms with Crippen LogP contribution in [0, 0.1) is 0 Å². The van der Waals surface area contributed by atoms with Crippen LogP contribution in [0.4, 0.5) is 0 Å². The summed E-state index contributed by atoms with van der Waals surface area (Å²) in [6.45, 7) is 1.03. The second kappa shape index (κ2) is 5.53. The minimum atomic E-state index is -0.336. The molecule has 0 fully saturated rings. The van der Waals surface area contributed by atoms with Crippen molar-refractivity contribution in [3.05, 3.63) is 24.2 Å². The van der Waals surface area contributed by atoms with E-state index in [1.807, 2.05) is 24.1 Å². The molecule has 0 aliphatic rings. The number of likely N-dealkylation sites (N-methyl/N-ethyl adjacent to an activating group) is 1. The van der Waals surface area contributed by atoms with Gasteiger partial charge in [0, 0.05) is 19.0 Å². The van der Waals surface area contributed by atoms with Crippen LogP contribution in [0.2, 0.25) is 0 Å². The minimum Gasteiger partial charge on any atom is -0.468 e. The normalized spacial score (nSPS) is 13.0. The lowest BCUT2D eigenvalue weighted by Crippen LogP contribution is -2.40. The molecule has 5 nitrogen and oxygen atoms in total. The first kappa shape index (κ1) is 11.7. The van der Waals surface area contributed by atoms with Crippen LogP contribution in [0.15, 0.2) is 22.8 Å². The van der Waals surface area contributed by atoms with Gasteiger partial charge in [0.25, 0.3) is 0 Å². The first-order chi connectivity index (χ1) is 7.13. The second-order valence-electron chi connectivity index (χ2n) is 3.55. The summed E-state index contributed by atoms with van der Waals surface area (Å²) < 4.78 is 5.21. The number of carbonyl (C=O) groups excluding carboxylic acids is 1. The van der Waals surface area contributed by atoms with E-state index in [4.69, 9.17) is 15.9 Å². The Kier molecular flexibility index (Phi) is 4.33. The molecule has 1 aromatic heterocycles. The van der Waals surface area contributed by atoms with Crippen molar-refractivity contribution >= 4 is 5.91 Å². The van der Waals surface area contributed by atoms with Crippen molar-refractivity contribution in [3.63, 3.8) is 0 Å². The van der Waals surface area contributed by atoms with Gasteiger partial charge in [-0.15, -0.1) is 0 Å². The number of hydrogen-bond acceptors (Lipinski definition) is 4. The molecule has 1 heterocycles. The molecule has 1 unspecified atom stereocenters. The molecule has 1 rings (SSSR count). The third-order valence-electron chi connectivity index (χ3n) is 2.32. The third kappa shape index (κ3) is 3.73. The fourth-order valence-electron chi connectivity index (χ4n) is 1.43. The van der Waals surface area contributed by atoms with Crippen molar-refractivity contribution in [3.8, 4) is 0 Å². The maximum absolute atomic E-state index is 10.8. The van der Waals surface area contributed by atoms with Crippen LogP contribution >= 0.6 is 0 Å². The van der Waals surface area contributed by atoms with Crippen molar-refractivity contribution < 1.29 is 9.21 Å². The molecular weight excluding hydrogens is 194 g/mol. The summed E-state index contributed by atoms with van der Waals surface area (Å²) in [5, 5.41) is 0. The predicted molar refractivity (Wildman–Crippen MR) is 56.8 cm³/mol. The van der Waals surface area contributed by atoms with Gasteiger partial charge in [-0.05, 0) is 19.2 Å². The van der Waals surface area contributed by atoms with Crippen LogP contribution in [0.25, 0.3) is 0 Å². The van der Waals surface area contributed by atoms with Crippen molar-refractivity contribution in [2.75, 3.05) is 13.6 Å². The monoisotopic (exact) mass is 211 g/mol. The Labute approximate surface area is 89.0 Å². The lowest BCUT2D eigenvalue weighted by molar-refractivity contribution is -0.119. The highest BCUT2D eigenvalue weighted by Gasteiger charge is 2.16. The van der Waals surface area contributed by atoms with Gasteiger partial charge in [-0.25, -0.2) is 0 Å². The SMILES string of the molecule is CN(Cc1ccco1)C(CN)CC(N)=O. The Bertz CT molecular complexity index is 298. The molecule has 0 bridgehead atoms. The highest BCUT2D eigenvalue weighted by molar-refractivity contribution is 5.74. The molecule has 0 saturated carbocycles. The quantitative estimate of drug-likeness (QED) is 0.688. The van der Waals surface area contributed by atoms with Crippen LogP contribution in [0.1, 0.15) is 12.2 Å². The van der Waals surface area contributed by atoms with E-state index in [-0.39, 0.29) is 18.4 Å². The Hall–Kier alpha value is -1.33. The molecule has 1 aromatic rings. The summed E-state index contributed by atoms with van der Waals surface area (Å²) >= 11 is 0. The maximum Gasteiger partial charge on any atom is 0.219 e. The lowest BCUT2D eigenvalue weighted by atomic mass is 10.1. The Morgan fingerprint density at radius 1 is 1.67 bits per heavy atom. The van der Waals surface area contributed by atoms with Gasteiger partial charge in [-0.2, -0.15) is 0 Å². The summed E-state index contributed by atoms with van der Waals surface area (Å²) in [5.41, 5.74) is 10.7. The van der Waals surface area contributed by atoms with Crippen LogP contribution in [-0.2, 0) is 11.3 Å². The fraction of sp³-hybridized carbons (Fsp3) is 0.500. The van der Waals surface area contributed by atoms with E-state index in [9.17, 15) is 4.79 Å². The number of hydrogen-bond donors (Lipinski definition) is 2. The largest absolute Gasteiger partial charge is 0.468 e. The van der Waals surface area contributed by atoms with E-state index in [2.05, 4.69) is 0 Å². The van der Waals surface area contributed by atoms with Crippen molar-refractivity contribution in [2.45, 2.75) is 19.0 Å². The van der Waals surface area contributed by atoms with Crippen LogP contribution in [-0.4, -0.2) is 30.4 Å². The molecule has 15 heavy (non-hydrogen) atoms. The molecule has 0 radical (unpaired) electrons. The van der Waals surface area contributed by atoms with Crippen molar-refractivity contribution in [1.29, 1.82) is 0 Å². The molecule has 0 saturated heterocycles. The minimum absolute atomic E-state index is 0.0346. The molecule has 1 amide bonds. The van der Waals surface area contributed by atoms with Gasteiger partial charge in [0.05, 0.1) is 12.8 Å². The second-order valence-corrected chi connectivity index (χ2v) is 3.55. The van der Waals surface area contributed by atoms with Gasteiger partial charge in [0.1, 0.15) is 5.76 Å². The maximum atomic E-state index is 10.8. The molecule has 84 valence electrons. The molecule has 1 atom stereocenters. The zero-order valence-electron chi connectivity index (χ0n) is 8.85. The summed E-state index contributed by atoms with van der Waals surface area (Å²) in [5.74, 6) is 0.511. The van der Waals surface area contributed by atoms with Crippen molar-refractivity contribution in [1.82, 2.24) is 4.90 Å². The predicted octanol–water partition coefficient (Wildman–Crippen LogP) is -0.0859. The average molecular weight is 211 g/mol. The number of nitrogens with two attached hydrogens (primary N) is 2. The zero-order valence-corrected chi connectivity index (χ0v) is 8.85. The molecule has 4 N–H and O–H groups in total. The number of furan rings is 1. The van der Waals surface area contributed by atoms with Crippen LogP contribution in [0.3, 0.4) is 0 Å². The number of amides is 1. The first-order valence-corrected chi connectivity index (χ1v) is 4.84. The Morgan fingerprint density at radius 2 is 2.40 bits per heavy atom. The average Bonchev–Trinajstić information content (AvgIpc) is 2.66. The standard InChI is InChI=1S/C10H17N3O2/c1-13(7-9-3-2-4-15-9)8(6-11)5-10(12)14/h2-4,8H,5-7,11H2,1H3,(H2,12,14). The van der Waals surface area contributed by atoms with Gasteiger partial charge >= 0.3 is 0 Å². The summed E-state index contributed by atoms with van der Waals surface area (Å²) in [6, 6.07) is 3.68. The highest BCUT2D eigenvalue weighted by atomic mass is 16.3. The summed E-state index contributed by atoms with van der Waals surface area (Å²) in [4.78, 5) is 12.8. The molecule has 0 aromatic carbocycles. The van der Waals surface area contributed by atoms with Gasteiger partial charge in [-0.1, -0.05) is 0 Å². The Balaban J connectivity index is 2.49. The smallest absolute Gasteiger partial charge is 0.219 e. The fourth-order valence-corrected chi connectivity index (χ4v) is 1.43. The van der Waals surface area contributed by atoms with E-state index < -0.39 is 0 Å². The van der Waals surface area contributed by atoms with E-state index in [0.29, 0.717) is 13.1 Å². The highest BCUT2D eigenvalue weighted by Crippen LogP contribution is 2.08. The Morgan fingerprint density at radius 3 is 2.87 bits per heavy atom. The molecule has 5 heteroatoms. The lowest BCUT2D eigenvalue weighted by Gasteiger charge is -2.24.